The van der Waals surface area contributed by atoms with E-state index in [9.17, 15) is 4.79 Å². The Morgan fingerprint density at radius 2 is 2.04 bits per heavy atom. The van der Waals surface area contributed by atoms with E-state index in [1.807, 2.05) is 6.92 Å². The van der Waals surface area contributed by atoms with Crippen molar-refractivity contribution in [3.8, 4) is 0 Å². The van der Waals surface area contributed by atoms with Crippen LogP contribution in [0.1, 0.15) is 13.3 Å². The van der Waals surface area contributed by atoms with Crippen molar-refractivity contribution in [2.45, 2.75) is 43.2 Å². The lowest BCUT2D eigenvalue weighted by Gasteiger charge is -2.37. The third kappa shape index (κ3) is 5.25. The number of amides is 1. The standard InChI is InChI=1S/C14H29ClN6O2/c1-2-23-10-3-4-18-7-9(10)21-14(22)11(12(16)17)13-19-5-8(15)6-20-13/h8-13,18-20H,2-7,16-17H2,1H3,(H,21,22). The molecule has 0 saturated carbocycles. The van der Waals surface area contributed by atoms with E-state index in [1.54, 1.807) is 0 Å². The molecule has 2 heterocycles. The maximum Gasteiger partial charge on any atom is 0.229 e. The largest absolute Gasteiger partial charge is 0.376 e. The molecule has 2 rings (SSSR count). The topological polar surface area (TPSA) is 126 Å². The van der Waals surface area contributed by atoms with Crippen molar-refractivity contribution in [1.29, 1.82) is 0 Å². The van der Waals surface area contributed by atoms with Crippen LogP contribution in [-0.2, 0) is 9.53 Å². The summed E-state index contributed by atoms with van der Waals surface area (Å²) in [7, 11) is 0. The van der Waals surface area contributed by atoms with Gasteiger partial charge in [-0.2, -0.15) is 0 Å². The van der Waals surface area contributed by atoms with Crippen LogP contribution in [0.3, 0.4) is 0 Å². The quantitative estimate of drug-likeness (QED) is 0.239. The average Bonchev–Trinajstić information content (AvgIpc) is 2.51. The van der Waals surface area contributed by atoms with Crippen molar-refractivity contribution >= 4 is 17.5 Å². The second-order valence-corrected chi connectivity index (χ2v) is 6.71. The molecule has 1 amide bonds. The SMILES string of the molecule is CCOC1CCNCC1NC(=O)C(C(N)N)C1NCC(Cl)CN1. The van der Waals surface area contributed by atoms with E-state index in [0.29, 0.717) is 26.2 Å². The first kappa shape index (κ1) is 18.9. The molecule has 3 unspecified atom stereocenters. The second kappa shape index (κ2) is 9.12. The molecule has 3 atom stereocenters. The lowest BCUT2D eigenvalue weighted by atomic mass is 9.97. The molecule has 0 aromatic carbocycles. The molecule has 0 spiro atoms. The predicted molar refractivity (Wildman–Crippen MR) is 89.9 cm³/mol. The number of piperidine rings is 1. The molecule has 2 fully saturated rings. The van der Waals surface area contributed by atoms with E-state index in [2.05, 4.69) is 21.3 Å². The molecule has 134 valence electrons. The number of nitrogens with one attached hydrogen (secondary N) is 4. The van der Waals surface area contributed by atoms with Gasteiger partial charge < -0.3 is 26.8 Å². The van der Waals surface area contributed by atoms with Gasteiger partial charge >= 0.3 is 0 Å². The molecule has 8 nitrogen and oxygen atoms in total. The summed E-state index contributed by atoms with van der Waals surface area (Å²) in [5, 5.41) is 12.7. The van der Waals surface area contributed by atoms with Gasteiger partial charge in [-0.25, -0.2) is 0 Å². The van der Waals surface area contributed by atoms with Crippen LogP contribution >= 0.6 is 11.6 Å². The summed E-state index contributed by atoms with van der Waals surface area (Å²) in [6, 6.07) is -0.0817. The number of rotatable bonds is 6. The Hall–Kier alpha value is -0.480. The van der Waals surface area contributed by atoms with Crippen molar-refractivity contribution in [2.75, 3.05) is 32.8 Å². The lowest BCUT2D eigenvalue weighted by Crippen LogP contribution is -2.66. The Morgan fingerprint density at radius 1 is 1.35 bits per heavy atom. The first-order valence-corrected chi connectivity index (χ1v) is 8.71. The molecule has 0 radical (unpaired) electrons. The van der Waals surface area contributed by atoms with Gasteiger partial charge in [0, 0.05) is 26.2 Å². The third-order valence-corrected chi connectivity index (χ3v) is 4.63. The fraction of sp³-hybridized carbons (Fsp3) is 0.929. The maximum absolute atomic E-state index is 12.7. The highest BCUT2D eigenvalue weighted by molar-refractivity contribution is 6.21. The van der Waals surface area contributed by atoms with Crippen molar-refractivity contribution < 1.29 is 9.53 Å². The summed E-state index contributed by atoms with van der Waals surface area (Å²) in [6.45, 7) is 5.38. The number of ether oxygens (including phenoxy) is 1. The summed E-state index contributed by atoms with van der Waals surface area (Å²) >= 11 is 6.04. The molecule has 2 saturated heterocycles. The van der Waals surface area contributed by atoms with E-state index in [-0.39, 0.29) is 29.6 Å². The smallest absolute Gasteiger partial charge is 0.229 e. The highest BCUT2D eigenvalue weighted by atomic mass is 35.5. The fourth-order valence-corrected chi connectivity index (χ4v) is 3.31. The summed E-state index contributed by atoms with van der Waals surface area (Å²) < 4.78 is 5.73. The molecular weight excluding hydrogens is 320 g/mol. The number of hydrogen-bond acceptors (Lipinski definition) is 7. The number of halogens is 1. The van der Waals surface area contributed by atoms with Crippen LogP contribution in [0.2, 0.25) is 0 Å². The van der Waals surface area contributed by atoms with Gasteiger partial charge in [0.15, 0.2) is 0 Å². The van der Waals surface area contributed by atoms with Crippen molar-refractivity contribution in [3.05, 3.63) is 0 Å². The number of carbonyl (C=O) groups excluding carboxylic acids is 1. The van der Waals surface area contributed by atoms with Crippen LogP contribution in [-0.4, -0.2) is 68.5 Å². The minimum absolute atomic E-state index is 0.00570. The van der Waals surface area contributed by atoms with E-state index >= 15 is 0 Å². The average molecular weight is 349 g/mol. The number of alkyl halides is 1. The second-order valence-electron chi connectivity index (χ2n) is 6.10. The van der Waals surface area contributed by atoms with E-state index in [4.69, 9.17) is 27.8 Å². The van der Waals surface area contributed by atoms with Crippen LogP contribution in [0.25, 0.3) is 0 Å². The molecule has 8 N–H and O–H groups in total. The number of hydrogen-bond donors (Lipinski definition) is 6. The Labute approximate surface area is 142 Å². The fourth-order valence-electron chi connectivity index (χ4n) is 3.13. The van der Waals surface area contributed by atoms with Gasteiger partial charge in [0.2, 0.25) is 5.91 Å². The summed E-state index contributed by atoms with van der Waals surface area (Å²) in [5.41, 5.74) is 11.7. The third-order valence-electron chi connectivity index (χ3n) is 4.32. The zero-order valence-corrected chi connectivity index (χ0v) is 14.3. The molecule has 0 aromatic heterocycles. The summed E-state index contributed by atoms with van der Waals surface area (Å²) in [5.74, 6) is -0.750. The highest BCUT2D eigenvalue weighted by Crippen LogP contribution is 2.13. The van der Waals surface area contributed by atoms with Crippen molar-refractivity contribution in [2.24, 2.45) is 17.4 Å². The molecule has 2 aliphatic rings. The zero-order chi connectivity index (χ0) is 16.8. The first-order valence-electron chi connectivity index (χ1n) is 8.27. The highest BCUT2D eigenvalue weighted by Gasteiger charge is 2.36. The molecule has 23 heavy (non-hydrogen) atoms. The monoisotopic (exact) mass is 348 g/mol. The van der Waals surface area contributed by atoms with E-state index < -0.39 is 12.1 Å². The predicted octanol–water partition coefficient (Wildman–Crippen LogP) is -2.14. The summed E-state index contributed by atoms with van der Waals surface area (Å²) in [6.07, 6.45) is -0.174. The van der Waals surface area contributed by atoms with Gasteiger partial charge in [0.1, 0.15) is 0 Å². The van der Waals surface area contributed by atoms with Crippen LogP contribution in [0.15, 0.2) is 0 Å². The molecule has 0 bridgehead atoms. The molecule has 9 heteroatoms. The van der Waals surface area contributed by atoms with Gasteiger partial charge in [-0.15, -0.1) is 11.6 Å². The van der Waals surface area contributed by atoms with E-state index in [0.717, 1.165) is 13.0 Å². The van der Waals surface area contributed by atoms with Crippen LogP contribution in [0.5, 0.6) is 0 Å². The van der Waals surface area contributed by atoms with Crippen LogP contribution < -0.4 is 32.7 Å². The first-order chi connectivity index (χ1) is 11.0. The number of carbonyl (C=O) groups is 1. The molecular formula is C14H29ClN6O2. The van der Waals surface area contributed by atoms with Gasteiger partial charge in [-0.05, 0) is 19.9 Å². The number of nitrogens with two attached hydrogens (primary N) is 2. The van der Waals surface area contributed by atoms with Gasteiger partial charge in [-0.3, -0.25) is 15.4 Å². The van der Waals surface area contributed by atoms with Gasteiger partial charge in [0.25, 0.3) is 0 Å². The molecule has 2 aliphatic heterocycles. The Morgan fingerprint density at radius 3 is 2.65 bits per heavy atom. The Balaban J connectivity index is 1.97. The normalized spacial score (nSPS) is 33.4. The lowest BCUT2D eigenvalue weighted by molar-refractivity contribution is -0.129. The van der Waals surface area contributed by atoms with Gasteiger partial charge in [0.05, 0.1) is 35.8 Å². The van der Waals surface area contributed by atoms with Crippen molar-refractivity contribution in [3.63, 3.8) is 0 Å². The minimum Gasteiger partial charge on any atom is -0.376 e. The van der Waals surface area contributed by atoms with Crippen molar-refractivity contribution in [1.82, 2.24) is 21.3 Å². The summed E-state index contributed by atoms with van der Waals surface area (Å²) in [4.78, 5) is 12.7. The Bertz CT molecular complexity index is 376. The molecule has 0 aromatic rings. The van der Waals surface area contributed by atoms with Gasteiger partial charge in [-0.1, -0.05) is 0 Å². The van der Waals surface area contributed by atoms with E-state index in [1.165, 1.54) is 0 Å². The van der Waals surface area contributed by atoms with Crippen LogP contribution in [0.4, 0.5) is 0 Å². The molecule has 0 aliphatic carbocycles. The van der Waals surface area contributed by atoms with Crippen LogP contribution in [0, 0.1) is 5.92 Å². The zero-order valence-electron chi connectivity index (χ0n) is 13.6. The maximum atomic E-state index is 12.7. The minimum atomic E-state index is -0.769. The Kier molecular flexibility index (Phi) is 7.48.